The second-order valence-electron chi connectivity index (χ2n) is 5.13. The molecular formula is C17H12BrFN4O2. The van der Waals surface area contributed by atoms with Crippen molar-refractivity contribution in [2.75, 3.05) is 5.32 Å². The van der Waals surface area contributed by atoms with Crippen LogP contribution in [0.4, 0.5) is 10.1 Å². The molecule has 0 atom stereocenters. The zero-order chi connectivity index (χ0) is 17.8. The van der Waals surface area contributed by atoms with Crippen LogP contribution in [0.1, 0.15) is 0 Å². The molecule has 0 bridgehead atoms. The van der Waals surface area contributed by atoms with Crippen LogP contribution in [0.3, 0.4) is 0 Å². The van der Waals surface area contributed by atoms with Gasteiger partial charge in [0, 0.05) is 28.5 Å². The molecule has 0 saturated carbocycles. The summed E-state index contributed by atoms with van der Waals surface area (Å²) in [6.45, 7) is -0.331. The van der Waals surface area contributed by atoms with Crippen LogP contribution in [0.25, 0.3) is 11.3 Å². The first-order valence-electron chi connectivity index (χ1n) is 7.26. The molecule has 0 radical (unpaired) electrons. The second kappa shape index (κ2) is 7.35. The molecule has 3 rings (SSSR count). The Hall–Kier alpha value is -2.87. The van der Waals surface area contributed by atoms with Crippen LogP contribution >= 0.6 is 15.9 Å². The second-order valence-corrected chi connectivity index (χ2v) is 6.04. The Kier molecular flexibility index (Phi) is 4.99. The molecule has 0 saturated heterocycles. The lowest BCUT2D eigenvalue weighted by atomic mass is 10.2. The highest BCUT2D eigenvalue weighted by atomic mass is 79.9. The lowest BCUT2D eigenvalue weighted by molar-refractivity contribution is -0.117. The van der Waals surface area contributed by atoms with Crippen LogP contribution in [0.5, 0.6) is 0 Å². The van der Waals surface area contributed by atoms with E-state index in [1.807, 2.05) is 0 Å². The Labute approximate surface area is 150 Å². The van der Waals surface area contributed by atoms with E-state index in [1.165, 1.54) is 18.2 Å². The number of amides is 1. The van der Waals surface area contributed by atoms with Gasteiger partial charge in [0.1, 0.15) is 12.4 Å². The van der Waals surface area contributed by atoms with Crippen LogP contribution in [-0.4, -0.2) is 20.7 Å². The summed E-state index contributed by atoms with van der Waals surface area (Å²) in [6, 6.07) is 10.7. The molecule has 1 amide bonds. The highest BCUT2D eigenvalue weighted by Gasteiger charge is 2.11. The molecule has 1 aromatic carbocycles. The molecule has 0 aliphatic carbocycles. The van der Waals surface area contributed by atoms with Gasteiger partial charge in [0.05, 0.1) is 11.4 Å². The summed E-state index contributed by atoms with van der Waals surface area (Å²) in [5.74, 6) is -1.13. The molecule has 3 aromatic rings. The molecule has 0 fully saturated rings. The van der Waals surface area contributed by atoms with E-state index < -0.39 is 17.3 Å². The van der Waals surface area contributed by atoms with Gasteiger partial charge in [0.25, 0.3) is 5.56 Å². The van der Waals surface area contributed by atoms with E-state index in [9.17, 15) is 14.0 Å². The van der Waals surface area contributed by atoms with E-state index in [4.69, 9.17) is 0 Å². The van der Waals surface area contributed by atoms with E-state index >= 15 is 0 Å². The van der Waals surface area contributed by atoms with Crippen LogP contribution in [0, 0.1) is 5.82 Å². The minimum atomic E-state index is -0.577. The van der Waals surface area contributed by atoms with Gasteiger partial charge in [-0.3, -0.25) is 14.6 Å². The van der Waals surface area contributed by atoms with Crippen molar-refractivity contribution < 1.29 is 9.18 Å². The van der Waals surface area contributed by atoms with E-state index in [0.29, 0.717) is 10.2 Å². The normalized spacial score (nSPS) is 10.5. The molecule has 0 spiro atoms. The SMILES string of the molecule is O=C(Cn1nc(-c2cccnc2)ccc1=O)Nc1ccc(Br)cc1F. The van der Waals surface area contributed by atoms with E-state index in [-0.39, 0.29) is 12.2 Å². The number of nitrogens with zero attached hydrogens (tertiary/aromatic N) is 3. The summed E-state index contributed by atoms with van der Waals surface area (Å²) < 4.78 is 15.4. The number of benzene rings is 1. The van der Waals surface area contributed by atoms with E-state index in [2.05, 4.69) is 31.3 Å². The van der Waals surface area contributed by atoms with Crippen molar-refractivity contribution in [3.63, 3.8) is 0 Å². The first kappa shape index (κ1) is 17.0. The van der Waals surface area contributed by atoms with Crippen molar-refractivity contribution in [1.29, 1.82) is 0 Å². The van der Waals surface area contributed by atoms with Crippen molar-refractivity contribution in [3.05, 3.63) is 75.5 Å². The van der Waals surface area contributed by atoms with Gasteiger partial charge in [-0.15, -0.1) is 0 Å². The number of nitrogens with one attached hydrogen (secondary N) is 1. The zero-order valence-electron chi connectivity index (χ0n) is 12.8. The molecule has 0 aliphatic heterocycles. The third kappa shape index (κ3) is 4.16. The lowest BCUT2D eigenvalue weighted by Gasteiger charge is -2.09. The minimum Gasteiger partial charge on any atom is -0.322 e. The van der Waals surface area contributed by atoms with Crippen molar-refractivity contribution in [2.24, 2.45) is 0 Å². The quantitative estimate of drug-likeness (QED) is 0.727. The summed E-state index contributed by atoms with van der Waals surface area (Å²) in [4.78, 5) is 28.0. The lowest BCUT2D eigenvalue weighted by Crippen LogP contribution is -2.29. The number of carbonyl (C=O) groups is 1. The molecule has 25 heavy (non-hydrogen) atoms. The zero-order valence-corrected chi connectivity index (χ0v) is 14.4. The van der Waals surface area contributed by atoms with Crippen molar-refractivity contribution in [3.8, 4) is 11.3 Å². The molecule has 6 nitrogen and oxygen atoms in total. The highest BCUT2D eigenvalue weighted by molar-refractivity contribution is 9.10. The minimum absolute atomic E-state index is 0.0321. The van der Waals surface area contributed by atoms with Gasteiger partial charge in [-0.25, -0.2) is 9.07 Å². The summed E-state index contributed by atoms with van der Waals surface area (Å²) >= 11 is 3.14. The topological polar surface area (TPSA) is 76.9 Å². The average molecular weight is 403 g/mol. The summed E-state index contributed by atoms with van der Waals surface area (Å²) in [5, 5.41) is 6.59. The molecule has 0 unspecified atom stereocenters. The van der Waals surface area contributed by atoms with Gasteiger partial charge in [-0.05, 0) is 36.4 Å². The number of pyridine rings is 1. The Morgan fingerprint density at radius 3 is 2.80 bits per heavy atom. The van der Waals surface area contributed by atoms with Crippen molar-refractivity contribution in [1.82, 2.24) is 14.8 Å². The molecule has 1 N–H and O–H groups in total. The molecule has 2 aromatic heterocycles. The number of rotatable bonds is 4. The number of hydrogen-bond acceptors (Lipinski definition) is 4. The van der Waals surface area contributed by atoms with Gasteiger partial charge in [-0.1, -0.05) is 15.9 Å². The van der Waals surface area contributed by atoms with Gasteiger partial charge in [-0.2, -0.15) is 5.10 Å². The Morgan fingerprint density at radius 2 is 2.08 bits per heavy atom. The van der Waals surface area contributed by atoms with Crippen LogP contribution in [0.2, 0.25) is 0 Å². The van der Waals surface area contributed by atoms with Crippen molar-refractivity contribution >= 4 is 27.5 Å². The first-order valence-corrected chi connectivity index (χ1v) is 8.06. The number of halogens is 2. The maximum absolute atomic E-state index is 13.8. The fourth-order valence-electron chi connectivity index (χ4n) is 2.15. The Balaban J connectivity index is 1.80. The fraction of sp³-hybridized carbons (Fsp3) is 0.0588. The smallest absolute Gasteiger partial charge is 0.267 e. The van der Waals surface area contributed by atoms with Gasteiger partial charge < -0.3 is 5.32 Å². The van der Waals surface area contributed by atoms with Crippen molar-refractivity contribution in [2.45, 2.75) is 6.54 Å². The predicted molar refractivity (Wildman–Crippen MR) is 94.5 cm³/mol. The number of carbonyl (C=O) groups excluding carboxylic acids is 1. The average Bonchev–Trinajstić information content (AvgIpc) is 2.60. The summed E-state index contributed by atoms with van der Waals surface area (Å²) in [7, 11) is 0. The summed E-state index contributed by atoms with van der Waals surface area (Å²) in [6.07, 6.45) is 3.23. The molecular weight excluding hydrogens is 391 g/mol. The third-order valence-electron chi connectivity index (χ3n) is 3.32. The number of aromatic nitrogens is 3. The Bertz CT molecular complexity index is 976. The van der Waals surface area contributed by atoms with Gasteiger partial charge >= 0.3 is 0 Å². The van der Waals surface area contributed by atoms with Crippen LogP contribution in [0.15, 0.2) is 64.1 Å². The Morgan fingerprint density at radius 1 is 1.24 bits per heavy atom. The monoisotopic (exact) mass is 402 g/mol. The highest BCUT2D eigenvalue weighted by Crippen LogP contribution is 2.19. The van der Waals surface area contributed by atoms with Gasteiger partial charge in [0.15, 0.2) is 0 Å². The van der Waals surface area contributed by atoms with Crippen LogP contribution < -0.4 is 10.9 Å². The maximum atomic E-state index is 13.8. The van der Waals surface area contributed by atoms with Gasteiger partial charge in [0.2, 0.25) is 5.91 Å². The molecule has 8 heteroatoms. The third-order valence-corrected chi connectivity index (χ3v) is 3.82. The first-order chi connectivity index (χ1) is 12.0. The van der Waals surface area contributed by atoms with E-state index in [0.717, 1.165) is 10.2 Å². The molecule has 0 aliphatic rings. The molecule has 2 heterocycles. The standard InChI is InChI=1S/C17H12BrFN4O2/c18-12-3-4-15(13(19)8-12)21-16(24)10-23-17(25)6-5-14(22-23)11-2-1-7-20-9-11/h1-9H,10H2,(H,21,24). The van der Waals surface area contributed by atoms with E-state index in [1.54, 1.807) is 36.7 Å². The number of hydrogen-bond donors (Lipinski definition) is 1. The fourth-order valence-corrected chi connectivity index (χ4v) is 2.48. The number of anilines is 1. The maximum Gasteiger partial charge on any atom is 0.267 e. The predicted octanol–water partition coefficient (Wildman–Crippen LogP) is 2.85. The largest absolute Gasteiger partial charge is 0.322 e. The molecule has 126 valence electrons. The van der Waals surface area contributed by atoms with Crippen LogP contribution in [-0.2, 0) is 11.3 Å². The summed E-state index contributed by atoms with van der Waals surface area (Å²) in [5.41, 5.74) is 0.828.